The van der Waals surface area contributed by atoms with E-state index in [4.69, 9.17) is 27.5 Å². The molecule has 2 heterocycles. The van der Waals surface area contributed by atoms with Crippen LogP contribution in [0.2, 0.25) is 5.02 Å². The molecular weight excluding hydrogens is 434 g/mol. The molecule has 1 aromatic carbocycles. The third-order valence-corrected chi connectivity index (χ3v) is 4.49. The van der Waals surface area contributed by atoms with Gasteiger partial charge in [0, 0.05) is 30.0 Å². The molecule has 0 unspecified atom stereocenters. The third-order valence-electron chi connectivity index (χ3n) is 4.27. The Balaban J connectivity index is 1.70. The largest absolute Gasteiger partial charge is 0.463 e. The summed E-state index contributed by atoms with van der Waals surface area (Å²) in [6.45, 7) is 4.72. The Hall–Kier alpha value is -4.18. The van der Waals surface area contributed by atoms with Crippen LogP contribution in [0.15, 0.2) is 72.1 Å². The number of amidine groups is 1. The Morgan fingerprint density at radius 3 is 2.56 bits per heavy atom. The molecule has 2 aromatic rings. The molecule has 5 N–H and O–H groups in total. The number of aliphatic imine (C=N–C) groups is 1. The maximum atomic E-state index is 12.7. The standard InChI is InChI=1S/C21H20ClN7O3/c1-13(18(25-9-8-23)20(31)28-17-7-2-14(22)12-26-17)19(30)27-15-3-5-16(6-4-15)29-10-11-32-21(29)24/h2-9,12,24H,1,10-11,23H2,(H,27,30)(H,26,28,31)/b9-8-,24-21?,25-18+. The topological polar surface area (TPSA) is 146 Å². The molecule has 2 amide bonds. The van der Waals surface area contributed by atoms with Crippen molar-refractivity contribution in [2.75, 3.05) is 28.7 Å². The van der Waals surface area contributed by atoms with E-state index in [1.807, 2.05) is 0 Å². The number of nitrogens with one attached hydrogen (secondary N) is 3. The molecule has 0 bridgehead atoms. The lowest BCUT2D eigenvalue weighted by Gasteiger charge is -2.15. The van der Waals surface area contributed by atoms with Crippen molar-refractivity contribution in [1.82, 2.24) is 4.98 Å². The summed E-state index contributed by atoms with van der Waals surface area (Å²) < 4.78 is 5.13. The summed E-state index contributed by atoms with van der Waals surface area (Å²) in [5.41, 5.74) is 6.14. The molecular formula is C21H20ClN7O3. The lowest BCUT2D eigenvalue weighted by Crippen LogP contribution is -2.30. The molecule has 164 valence electrons. The van der Waals surface area contributed by atoms with Gasteiger partial charge in [-0.2, -0.15) is 0 Å². The van der Waals surface area contributed by atoms with Crippen molar-refractivity contribution in [3.63, 3.8) is 0 Å². The SMILES string of the molecule is C=C(C(=O)Nc1ccc(N2CCOC2=N)cc1)/C(=N\C=C/N)C(=O)Nc1ccc(Cl)cn1. The highest BCUT2D eigenvalue weighted by Gasteiger charge is 2.22. The summed E-state index contributed by atoms with van der Waals surface area (Å²) in [5.74, 6) is -1.09. The second-order valence-corrected chi connectivity index (χ2v) is 6.86. The van der Waals surface area contributed by atoms with Crippen molar-refractivity contribution < 1.29 is 14.3 Å². The maximum Gasteiger partial charge on any atom is 0.289 e. The van der Waals surface area contributed by atoms with E-state index in [0.29, 0.717) is 23.9 Å². The summed E-state index contributed by atoms with van der Waals surface area (Å²) in [6.07, 6.45) is 3.66. The molecule has 11 heteroatoms. The van der Waals surface area contributed by atoms with Gasteiger partial charge in [-0.1, -0.05) is 18.2 Å². The van der Waals surface area contributed by atoms with Gasteiger partial charge in [0.15, 0.2) is 0 Å². The van der Waals surface area contributed by atoms with E-state index >= 15 is 0 Å². The van der Waals surface area contributed by atoms with E-state index in [0.717, 1.165) is 11.9 Å². The first-order valence-corrected chi connectivity index (χ1v) is 9.74. The first kappa shape index (κ1) is 22.5. The number of aromatic nitrogens is 1. The zero-order valence-corrected chi connectivity index (χ0v) is 17.6. The third kappa shape index (κ3) is 5.49. The van der Waals surface area contributed by atoms with Gasteiger partial charge in [-0.15, -0.1) is 0 Å². The quantitative estimate of drug-likeness (QED) is 0.374. The van der Waals surface area contributed by atoms with Crippen molar-refractivity contribution in [1.29, 1.82) is 5.41 Å². The normalized spacial score (nSPS) is 13.7. The second kappa shape index (κ2) is 10.2. The van der Waals surface area contributed by atoms with Crippen LogP contribution in [-0.2, 0) is 14.3 Å². The highest BCUT2D eigenvalue weighted by molar-refractivity contribution is 6.54. The Labute approximate surface area is 188 Å². The van der Waals surface area contributed by atoms with E-state index in [1.54, 1.807) is 35.2 Å². The van der Waals surface area contributed by atoms with Gasteiger partial charge in [0.25, 0.3) is 17.8 Å². The Bertz CT molecular complexity index is 1100. The first-order valence-electron chi connectivity index (χ1n) is 9.36. The van der Waals surface area contributed by atoms with Crippen LogP contribution in [0.4, 0.5) is 17.2 Å². The second-order valence-electron chi connectivity index (χ2n) is 6.42. The Morgan fingerprint density at radius 1 is 1.22 bits per heavy atom. The zero-order valence-electron chi connectivity index (χ0n) is 16.8. The number of nitrogens with two attached hydrogens (primary N) is 1. The minimum atomic E-state index is -0.694. The molecule has 1 saturated heterocycles. The Morgan fingerprint density at radius 2 is 1.97 bits per heavy atom. The molecule has 10 nitrogen and oxygen atoms in total. The van der Waals surface area contributed by atoms with E-state index in [2.05, 4.69) is 27.2 Å². The minimum absolute atomic E-state index is 0.0742. The number of amides is 2. The van der Waals surface area contributed by atoms with Gasteiger partial charge < -0.3 is 21.1 Å². The number of anilines is 3. The smallest absolute Gasteiger partial charge is 0.289 e. The first-order chi connectivity index (χ1) is 15.4. The van der Waals surface area contributed by atoms with E-state index < -0.39 is 11.8 Å². The number of pyridine rings is 1. The van der Waals surface area contributed by atoms with Gasteiger partial charge in [0.2, 0.25) is 0 Å². The van der Waals surface area contributed by atoms with Crippen molar-refractivity contribution in [3.8, 4) is 0 Å². The highest BCUT2D eigenvalue weighted by Crippen LogP contribution is 2.21. The van der Waals surface area contributed by atoms with Crippen molar-refractivity contribution in [2.45, 2.75) is 0 Å². The summed E-state index contributed by atoms with van der Waals surface area (Å²) in [4.78, 5) is 35.0. The number of hydrogen-bond acceptors (Lipinski definition) is 7. The maximum absolute atomic E-state index is 12.7. The summed E-state index contributed by atoms with van der Waals surface area (Å²) in [6, 6.07) is 9.96. The van der Waals surface area contributed by atoms with E-state index in [9.17, 15) is 9.59 Å². The fourth-order valence-corrected chi connectivity index (χ4v) is 2.83. The lowest BCUT2D eigenvalue weighted by molar-refractivity contribution is -0.113. The minimum Gasteiger partial charge on any atom is -0.463 e. The van der Waals surface area contributed by atoms with Crippen LogP contribution in [0.3, 0.4) is 0 Å². The summed E-state index contributed by atoms with van der Waals surface area (Å²) >= 11 is 5.79. The monoisotopic (exact) mass is 453 g/mol. The molecule has 32 heavy (non-hydrogen) atoms. The van der Waals surface area contributed by atoms with Crippen LogP contribution in [0.5, 0.6) is 0 Å². The fraction of sp³-hybridized carbons (Fsp3) is 0.0952. The van der Waals surface area contributed by atoms with E-state index in [-0.39, 0.29) is 23.1 Å². The molecule has 1 fully saturated rings. The van der Waals surface area contributed by atoms with Crippen LogP contribution in [0.1, 0.15) is 0 Å². The number of carbonyl (C=O) groups is 2. The van der Waals surface area contributed by atoms with Gasteiger partial charge >= 0.3 is 0 Å². The van der Waals surface area contributed by atoms with Crippen LogP contribution >= 0.6 is 11.6 Å². The Kier molecular flexibility index (Phi) is 7.19. The number of benzene rings is 1. The molecule has 0 aliphatic carbocycles. The number of carbonyl (C=O) groups excluding carboxylic acids is 2. The molecule has 3 rings (SSSR count). The molecule has 0 atom stereocenters. The average Bonchev–Trinajstić information content (AvgIpc) is 3.21. The average molecular weight is 454 g/mol. The predicted octanol–water partition coefficient (Wildman–Crippen LogP) is 2.51. The highest BCUT2D eigenvalue weighted by atomic mass is 35.5. The van der Waals surface area contributed by atoms with Crippen molar-refractivity contribution in [2.24, 2.45) is 10.7 Å². The summed E-state index contributed by atoms with van der Waals surface area (Å²) in [5, 5.41) is 13.3. The van der Waals surface area contributed by atoms with Gasteiger partial charge in [0.05, 0.1) is 17.1 Å². The van der Waals surface area contributed by atoms with Crippen molar-refractivity contribution in [3.05, 3.63) is 72.2 Å². The van der Waals surface area contributed by atoms with Crippen LogP contribution in [0, 0.1) is 5.41 Å². The lowest BCUT2D eigenvalue weighted by atomic mass is 10.1. The van der Waals surface area contributed by atoms with Gasteiger partial charge in [-0.05, 0) is 36.4 Å². The predicted molar refractivity (Wildman–Crippen MR) is 124 cm³/mol. The number of ether oxygens (including phenoxy) is 1. The molecule has 0 spiro atoms. The van der Waals surface area contributed by atoms with E-state index in [1.165, 1.54) is 18.5 Å². The van der Waals surface area contributed by atoms with Gasteiger partial charge in [-0.25, -0.2) is 9.98 Å². The molecule has 0 radical (unpaired) electrons. The number of halogens is 1. The molecule has 1 aliphatic heterocycles. The fourth-order valence-electron chi connectivity index (χ4n) is 2.71. The summed E-state index contributed by atoms with van der Waals surface area (Å²) in [7, 11) is 0. The molecule has 1 aromatic heterocycles. The van der Waals surface area contributed by atoms with Crippen LogP contribution in [0.25, 0.3) is 0 Å². The molecule has 0 saturated carbocycles. The zero-order chi connectivity index (χ0) is 23.1. The van der Waals surface area contributed by atoms with Crippen LogP contribution < -0.4 is 21.3 Å². The molecule has 1 aliphatic rings. The van der Waals surface area contributed by atoms with Crippen molar-refractivity contribution >= 4 is 52.3 Å². The van der Waals surface area contributed by atoms with Crippen LogP contribution in [-0.4, -0.2) is 41.7 Å². The number of hydrogen-bond donors (Lipinski definition) is 4. The van der Waals surface area contributed by atoms with Gasteiger partial charge in [-0.3, -0.25) is 19.9 Å². The number of nitrogens with zero attached hydrogens (tertiary/aromatic N) is 3. The number of rotatable bonds is 7. The van der Waals surface area contributed by atoms with Gasteiger partial charge in [0.1, 0.15) is 18.1 Å².